The lowest BCUT2D eigenvalue weighted by Crippen LogP contribution is -2.36. The van der Waals surface area contributed by atoms with Crippen molar-refractivity contribution in [2.24, 2.45) is 5.92 Å². The molecular formula is C23H26ClN3O3S2. The van der Waals surface area contributed by atoms with Crippen molar-refractivity contribution in [2.75, 3.05) is 19.5 Å². The van der Waals surface area contributed by atoms with Crippen molar-refractivity contribution in [1.29, 1.82) is 0 Å². The zero-order chi connectivity index (χ0) is 22.8. The summed E-state index contributed by atoms with van der Waals surface area (Å²) in [6.45, 7) is 4.57. The number of halogens is 1. The first kappa shape index (κ1) is 23.3. The number of nitrogens with one attached hydrogen (secondary N) is 1. The average Bonchev–Trinajstić information content (AvgIpc) is 3.11. The minimum Gasteiger partial charge on any atom is -0.383 e. The molecule has 170 valence electrons. The Labute approximate surface area is 200 Å². The lowest BCUT2D eigenvalue weighted by molar-refractivity contribution is -0.119. The molecule has 2 heterocycles. The summed E-state index contributed by atoms with van der Waals surface area (Å²) in [5.74, 6) is 0.637. The van der Waals surface area contributed by atoms with Crippen LogP contribution < -0.4 is 10.9 Å². The van der Waals surface area contributed by atoms with Gasteiger partial charge in [0.2, 0.25) is 5.91 Å². The molecule has 0 saturated carbocycles. The van der Waals surface area contributed by atoms with Gasteiger partial charge in [-0.2, -0.15) is 0 Å². The first-order chi connectivity index (χ1) is 15.4. The highest BCUT2D eigenvalue weighted by Gasteiger charge is 2.25. The van der Waals surface area contributed by atoms with E-state index in [2.05, 4.69) is 12.2 Å². The lowest BCUT2D eigenvalue weighted by Gasteiger charge is -2.18. The van der Waals surface area contributed by atoms with Crippen LogP contribution in [0.2, 0.25) is 5.02 Å². The molecule has 4 rings (SSSR count). The number of methoxy groups -OCH3 is 1. The first-order valence-electron chi connectivity index (χ1n) is 10.6. The number of hydrogen-bond acceptors (Lipinski definition) is 6. The summed E-state index contributed by atoms with van der Waals surface area (Å²) in [6, 6.07) is 7.04. The summed E-state index contributed by atoms with van der Waals surface area (Å²) in [7, 11) is 1.60. The summed E-state index contributed by atoms with van der Waals surface area (Å²) in [5, 5.41) is 4.72. The molecule has 0 bridgehead atoms. The van der Waals surface area contributed by atoms with Gasteiger partial charge in [0.05, 0.1) is 23.4 Å². The normalized spacial score (nSPS) is 16.7. The quantitative estimate of drug-likeness (QED) is 0.390. The third kappa shape index (κ3) is 4.88. The van der Waals surface area contributed by atoms with Gasteiger partial charge in [0.1, 0.15) is 4.83 Å². The molecule has 1 aliphatic rings. The molecular weight excluding hydrogens is 466 g/mol. The van der Waals surface area contributed by atoms with Crippen molar-refractivity contribution in [2.45, 2.75) is 44.3 Å². The van der Waals surface area contributed by atoms with E-state index in [1.165, 1.54) is 16.6 Å². The topological polar surface area (TPSA) is 73.2 Å². The van der Waals surface area contributed by atoms with Gasteiger partial charge in [-0.05, 0) is 61.9 Å². The Morgan fingerprint density at radius 1 is 1.41 bits per heavy atom. The van der Waals surface area contributed by atoms with Crippen molar-refractivity contribution in [3.8, 4) is 5.69 Å². The Morgan fingerprint density at radius 3 is 2.88 bits per heavy atom. The van der Waals surface area contributed by atoms with Crippen LogP contribution in [0.1, 0.15) is 30.7 Å². The fraction of sp³-hybridized carbons (Fsp3) is 0.435. The van der Waals surface area contributed by atoms with E-state index >= 15 is 0 Å². The molecule has 32 heavy (non-hydrogen) atoms. The van der Waals surface area contributed by atoms with Gasteiger partial charge in [-0.25, -0.2) is 4.98 Å². The Hall–Kier alpha value is -1.87. The summed E-state index contributed by atoms with van der Waals surface area (Å²) in [4.78, 5) is 33.0. The van der Waals surface area contributed by atoms with Crippen LogP contribution in [0.15, 0.2) is 34.2 Å². The standard InChI is InChI=1S/C23H26ClN3O3S2/c1-13-4-9-17-18(10-13)32-21-20(17)22(29)27(16-7-5-15(24)6-8-16)23(26-21)31-12-19(28)25-14(2)11-30-3/h5-8,13-14H,4,9-12H2,1-3H3,(H,25,28). The van der Waals surface area contributed by atoms with Gasteiger partial charge in [-0.1, -0.05) is 30.3 Å². The van der Waals surface area contributed by atoms with Crippen LogP contribution in [0.5, 0.6) is 0 Å². The van der Waals surface area contributed by atoms with Crippen LogP contribution in [0.4, 0.5) is 0 Å². The zero-order valence-electron chi connectivity index (χ0n) is 18.3. The Kier molecular flexibility index (Phi) is 7.24. The SMILES string of the molecule is COCC(C)NC(=O)CSc1nc2sc3c(c2c(=O)n1-c1ccc(Cl)cc1)CCC(C)C3. The predicted molar refractivity (Wildman–Crippen MR) is 132 cm³/mol. The number of thiophene rings is 1. The number of rotatable bonds is 7. The number of aryl methyl sites for hydroxylation is 1. The molecule has 1 aromatic carbocycles. The fourth-order valence-electron chi connectivity index (χ4n) is 4.02. The highest BCUT2D eigenvalue weighted by molar-refractivity contribution is 7.99. The third-order valence-corrected chi connectivity index (χ3v) is 7.88. The Bertz CT molecular complexity index is 1190. The van der Waals surface area contributed by atoms with E-state index in [0.29, 0.717) is 28.4 Å². The van der Waals surface area contributed by atoms with Crippen LogP contribution >= 0.6 is 34.7 Å². The van der Waals surface area contributed by atoms with E-state index in [0.717, 1.165) is 35.0 Å². The number of thioether (sulfide) groups is 1. The Morgan fingerprint density at radius 2 is 2.16 bits per heavy atom. The molecule has 0 radical (unpaired) electrons. The number of hydrogen-bond donors (Lipinski definition) is 1. The van der Waals surface area contributed by atoms with Gasteiger partial charge < -0.3 is 10.1 Å². The van der Waals surface area contributed by atoms with Gasteiger partial charge in [0, 0.05) is 23.1 Å². The van der Waals surface area contributed by atoms with E-state index in [-0.39, 0.29) is 23.3 Å². The molecule has 0 aliphatic heterocycles. The number of aromatic nitrogens is 2. The molecule has 9 heteroatoms. The molecule has 0 spiro atoms. The molecule has 2 unspecified atom stereocenters. The van der Waals surface area contributed by atoms with E-state index in [1.807, 2.05) is 19.1 Å². The number of nitrogens with zero attached hydrogens (tertiary/aromatic N) is 2. The van der Waals surface area contributed by atoms with E-state index in [1.54, 1.807) is 35.1 Å². The predicted octanol–water partition coefficient (Wildman–Crippen LogP) is 4.47. The largest absolute Gasteiger partial charge is 0.383 e. The van der Waals surface area contributed by atoms with Crippen molar-refractivity contribution in [1.82, 2.24) is 14.9 Å². The highest BCUT2D eigenvalue weighted by Crippen LogP contribution is 2.37. The van der Waals surface area contributed by atoms with Crippen LogP contribution in [0.3, 0.4) is 0 Å². The zero-order valence-corrected chi connectivity index (χ0v) is 20.7. The van der Waals surface area contributed by atoms with Gasteiger partial charge in [0.15, 0.2) is 5.16 Å². The minimum atomic E-state index is -0.129. The van der Waals surface area contributed by atoms with Crippen molar-refractivity contribution in [3.05, 3.63) is 50.1 Å². The van der Waals surface area contributed by atoms with Crippen molar-refractivity contribution in [3.63, 3.8) is 0 Å². The maximum absolute atomic E-state index is 13.7. The number of ether oxygens (including phenoxy) is 1. The highest BCUT2D eigenvalue weighted by atomic mass is 35.5. The monoisotopic (exact) mass is 491 g/mol. The smallest absolute Gasteiger partial charge is 0.267 e. The van der Waals surface area contributed by atoms with E-state index in [9.17, 15) is 9.59 Å². The molecule has 6 nitrogen and oxygen atoms in total. The first-order valence-corrected chi connectivity index (χ1v) is 12.8. The van der Waals surface area contributed by atoms with Gasteiger partial charge in [0.25, 0.3) is 5.56 Å². The number of carbonyl (C=O) groups is 1. The summed E-state index contributed by atoms with van der Waals surface area (Å²) in [6.07, 6.45) is 2.97. The summed E-state index contributed by atoms with van der Waals surface area (Å²) < 4.78 is 6.69. The Balaban J connectivity index is 1.75. The number of amides is 1. The van der Waals surface area contributed by atoms with Crippen LogP contribution in [0.25, 0.3) is 15.9 Å². The molecule has 2 atom stereocenters. The van der Waals surface area contributed by atoms with Crippen molar-refractivity contribution >= 4 is 50.8 Å². The van der Waals surface area contributed by atoms with E-state index < -0.39 is 0 Å². The van der Waals surface area contributed by atoms with Crippen molar-refractivity contribution < 1.29 is 9.53 Å². The van der Waals surface area contributed by atoms with Gasteiger partial charge in [-0.3, -0.25) is 14.2 Å². The maximum atomic E-state index is 13.7. The molecule has 2 aromatic heterocycles. The molecule has 0 fully saturated rings. The molecule has 1 amide bonds. The third-order valence-electron chi connectivity index (χ3n) is 5.54. The number of carbonyl (C=O) groups excluding carboxylic acids is 1. The fourth-order valence-corrected chi connectivity index (χ4v) is 6.40. The second-order valence-electron chi connectivity index (χ2n) is 8.26. The minimum absolute atomic E-state index is 0.0833. The second-order valence-corrected chi connectivity index (χ2v) is 10.7. The van der Waals surface area contributed by atoms with Gasteiger partial charge in [-0.15, -0.1) is 11.3 Å². The van der Waals surface area contributed by atoms with E-state index in [4.69, 9.17) is 21.3 Å². The maximum Gasteiger partial charge on any atom is 0.267 e. The van der Waals surface area contributed by atoms with Crippen LogP contribution in [-0.4, -0.2) is 41.0 Å². The van der Waals surface area contributed by atoms with Gasteiger partial charge >= 0.3 is 0 Å². The average molecular weight is 492 g/mol. The summed E-state index contributed by atoms with van der Waals surface area (Å²) in [5.41, 5.74) is 1.75. The lowest BCUT2D eigenvalue weighted by atomic mass is 9.89. The molecule has 0 saturated heterocycles. The molecule has 1 N–H and O–H groups in total. The molecule has 3 aromatic rings. The van der Waals surface area contributed by atoms with Crippen LogP contribution in [0, 0.1) is 5.92 Å². The number of fused-ring (bicyclic) bond motifs is 3. The number of benzene rings is 1. The van der Waals surface area contributed by atoms with Crippen LogP contribution in [-0.2, 0) is 22.4 Å². The second kappa shape index (κ2) is 9.95. The summed E-state index contributed by atoms with van der Waals surface area (Å²) >= 11 is 8.95. The molecule has 1 aliphatic carbocycles.